The zero-order chi connectivity index (χ0) is 13.9. The summed E-state index contributed by atoms with van der Waals surface area (Å²) < 4.78 is 24.6. The van der Waals surface area contributed by atoms with Crippen LogP contribution in [0.5, 0.6) is 0 Å². The minimum Gasteiger partial charge on any atom is -0.481 e. The molecule has 2 rings (SSSR count). The summed E-state index contributed by atoms with van der Waals surface area (Å²) >= 11 is 0. The van der Waals surface area contributed by atoms with E-state index in [2.05, 4.69) is 0 Å². The van der Waals surface area contributed by atoms with Gasteiger partial charge in [-0.3, -0.25) is 4.79 Å². The second-order valence-electron chi connectivity index (χ2n) is 5.24. The summed E-state index contributed by atoms with van der Waals surface area (Å²) in [5, 5.41) is 9.54. The van der Waals surface area contributed by atoms with E-state index in [-0.39, 0.29) is 6.42 Å². The molecule has 0 heterocycles. The van der Waals surface area contributed by atoms with Crippen molar-refractivity contribution >= 4 is 5.97 Å². The summed E-state index contributed by atoms with van der Waals surface area (Å²) in [4.78, 5) is 11.6. The van der Waals surface area contributed by atoms with Crippen molar-refractivity contribution in [1.82, 2.24) is 0 Å². The second-order valence-corrected chi connectivity index (χ2v) is 5.24. The van der Waals surface area contributed by atoms with Crippen LogP contribution in [-0.2, 0) is 16.6 Å². The van der Waals surface area contributed by atoms with Crippen molar-refractivity contribution in [2.24, 2.45) is 0 Å². The van der Waals surface area contributed by atoms with Crippen molar-refractivity contribution < 1.29 is 18.7 Å². The third kappa shape index (κ3) is 2.94. The molecule has 0 spiro atoms. The Morgan fingerprint density at radius 2 is 1.74 bits per heavy atom. The van der Waals surface area contributed by atoms with Crippen molar-refractivity contribution in [3.8, 4) is 0 Å². The van der Waals surface area contributed by atoms with E-state index < -0.39 is 17.8 Å². The predicted octanol–water partition coefficient (Wildman–Crippen LogP) is 3.78. The van der Waals surface area contributed by atoms with Crippen LogP contribution < -0.4 is 0 Å². The lowest BCUT2D eigenvalue weighted by atomic mass is 9.69. The number of aliphatic carboxylic acids is 1. The first kappa shape index (κ1) is 14.0. The maximum Gasteiger partial charge on any atom is 0.314 e. The minimum atomic E-state index is -2.37. The van der Waals surface area contributed by atoms with Gasteiger partial charge < -0.3 is 5.11 Å². The number of carboxylic acid groups (broad SMARTS) is 1. The summed E-state index contributed by atoms with van der Waals surface area (Å²) in [5.74, 6) is -0.797. The number of halogens is 2. The van der Waals surface area contributed by atoms with Gasteiger partial charge in [-0.15, -0.1) is 0 Å². The van der Waals surface area contributed by atoms with Crippen LogP contribution in [0.3, 0.4) is 0 Å². The van der Waals surface area contributed by atoms with Gasteiger partial charge in [-0.1, -0.05) is 43.5 Å². The smallest absolute Gasteiger partial charge is 0.314 e. The van der Waals surface area contributed by atoms with E-state index in [9.17, 15) is 18.7 Å². The summed E-state index contributed by atoms with van der Waals surface area (Å²) in [5.41, 5.74) is 0.481. The van der Waals surface area contributed by atoms with Crippen LogP contribution in [0, 0.1) is 0 Å². The lowest BCUT2D eigenvalue weighted by Crippen LogP contribution is -2.37. The molecule has 1 aliphatic rings. The molecule has 2 nitrogen and oxygen atoms in total. The lowest BCUT2D eigenvalue weighted by molar-refractivity contribution is -0.145. The van der Waals surface area contributed by atoms with Crippen LogP contribution in [0.4, 0.5) is 8.78 Å². The van der Waals surface area contributed by atoms with Gasteiger partial charge in [0.2, 0.25) is 6.43 Å². The second kappa shape index (κ2) is 5.68. The van der Waals surface area contributed by atoms with Crippen molar-refractivity contribution in [3.05, 3.63) is 35.4 Å². The van der Waals surface area contributed by atoms with Gasteiger partial charge in [-0.25, -0.2) is 8.78 Å². The molecule has 1 aliphatic carbocycles. The third-order valence-corrected chi connectivity index (χ3v) is 4.01. The van der Waals surface area contributed by atoms with E-state index in [1.165, 1.54) is 0 Å². The Balaban J connectivity index is 2.25. The van der Waals surface area contributed by atoms with Crippen molar-refractivity contribution in [3.63, 3.8) is 0 Å². The Morgan fingerprint density at radius 3 is 2.21 bits per heavy atom. The van der Waals surface area contributed by atoms with Gasteiger partial charge in [0.25, 0.3) is 0 Å². The number of carboxylic acids is 1. The average Bonchev–Trinajstić information content (AvgIpc) is 2.39. The summed E-state index contributed by atoms with van der Waals surface area (Å²) in [6.45, 7) is 0. The molecule has 104 valence electrons. The van der Waals surface area contributed by atoms with Gasteiger partial charge in [0, 0.05) is 6.42 Å². The number of hydrogen-bond donors (Lipinski definition) is 1. The minimum absolute atomic E-state index is 0.277. The third-order valence-electron chi connectivity index (χ3n) is 4.01. The zero-order valence-corrected chi connectivity index (χ0v) is 10.7. The lowest BCUT2D eigenvalue weighted by Gasteiger charge is -2.33. The molecule has 0 aliphatic heterocycles. The molecule has 1 fully saturated rings. The molecule has 0 bridgehead atoms. The number of benzene rings is 1. The molecule has 1 saturated carbocycles. The monoisotopic (exact) mass is 268 g/mol. The summed E-state index contributed by atoms with van der Waals surface area (Å²) in [6, 6.07) is 6.66. The molecule has 0 radical (unpaired) electrons. The Morgan fingerprint density at radius 1 is 1.16 bits per heavy atom. The van der Waals surface area contributed by atoms with Crippen LogP contribution in [0.15, 0.2) is 24.3 Å². The Hall–Kier alpha value is -1.45. The molecule has 4 heteroatoms. The van der Waals surface area contributed by atoms with Crippen LogP contribution in [0.1, 0.15) is 43.2 Å². The van der Waals surface area contributed by atoms with Crippen molar-refractivity contribution in [1.29, 1.82) is 0 Å². The highest BCUT2D eigenvalue weighted by Crippen LogP contribution is 2.39. The standard InChI is InChI=1S/C15H18F2O2/c16-13(17)10-11-4-6-12(7-5-11)15(14(18)19)8-2-1-3-9-15/h4-7,13H,1-3,8-10H2,(H,18,19). The Bertz CT molecular complexity index is 434. The topological polar surface area (TPSA) is 37.3 Å². The van der Waals surface area contributed by atoms with E-state index in [1.54, 1.807) is 24.3 Å². The van der Waals surface area contributed by atoms with E-state index >= 15 is 0 Å². The van der Waals surface area contributed by atoms with Crippen LogP contribution in [0.2, 0.25) is 0 Å². The van der Waals surface area contributed by atoms with E-state index in [0.717, 1.165) is 24.8 Å². The number of alkyl halides is 2. The first-order valence-electron chi connectivity index (χ1n) is 6.65. The van der Waals surface area contributed by atoms with Gasteiger partial charge in [0.15, 0.2) is 0 Å². The van der Waals surface area contributed by atoms with E-state index in [0.29, 0.717) is 18.4 Å². The predicted molar refractivity (Wildman–Crippen MR) is 68.5 cm³/mol. The van der Waals surface area contributed by atoms with Gasteiger partial charge in [-0.2, -0.15) is 0 Å². The van der Waals surface area contributed by atoms with Crippen LogP contribution >= 0.6 is 0 Å². The highest BCUT2D eigenvalue weighted by molar-refractivity contribution is 5.81. The van der Waals surface area contributed by atoms with Crippen molar-refractivity contribution in [2.75, 3.05) is 0 Å². The van der Waals surface area contributed by atoms with Gasteiger partial charge in [-0.05, 0) is 24.0 Å². The van der Waals surface area contributed by atoms with Crippen LogP contribution in [0.25, 0.3) is 0 Å². The number of carbonyl (C=O) groups is 1. The molecule has 0 amide bonds. The van der Waals surface area contributed by atoms with Gasteiger partial charge in [0.1, 0.15) is 0 Å². The average molecular weight is 268 g/mol. The molecule has 0 aromatic heterocycles. The maximum absolute atomic E-state index is 12.3. The van der Waals surface area contributed by atoms with Crippen molar-refractivity contribution in [2.45, 2.75) is 50.4 Å². The summed E-state index contributed by atoms with van der Waals surface area (Å²) in [7, 11) is 0. The fourth-order valence-corrected chi connectivity index (χ4v) is 2.92. The van der Waals surface area contributed by atoms with Gasteiger partial charge in [0.05, 0.1) is 5.41 Å². The summed E-state index contributed by atoms with van der Waals surface area (Å²) in [6.07, 6.45) is 1.51. The fraction of sp³-hybridized carbons (Fsp3) is 0.533. The normalized spacial score (nSPS) is 18.5. The van der Waals surface area contributed by atoms with Crippen LogP contribution in [-0.4, -0.2) is 17.5 Å². The molecule has 1 aromatic rings. The molecule has 0 atom stereocenters. The van der Waals surface area contributed by atoms with E-state index in [4.69, 9.17) is 0 Å². The molecule has 19 heavy (non-hydrogen) atoms. The molecule has 0 saturated heterocycles. The first-order valence-corrected chi connectivity index (χ1v) is 6.65. The van der Waals surface area contributed by atoms with Gasteiger partial charge >= 0.3 is 5.97 Å². The number of rotatable bonds is 4. The molecule has 1 N–H and O–H groups in total. The highest BCUT2D eigenvalue weighted by Gasteiger charge is 2.41. The first-order chi connectivity index (χ1) is 9.04. The molecular weight excluding hydrogens is 250 g/mol. The zero-order valence-electron chi connectivity index (χ0n) is 10.7. The largest absolute Gasteiger partial charge is 0.481 e. The maximum atomic E-state index is 12.3. The quantitative estimate of drug-likeness (QED) is 0.902. The molecular formula is C15H18F2O2. The Labute approximate surface area is 111 Å². The highest BCUT2D eigenvalue weighted by atomic mass is 19.3. The molecule has 1 aromatic carbocycles. The Kier molecular flexibility index (Phi) is 4.17. The number of hydrogen-bond acceptors (Lipinski definition) is 1. The molecule has 0 unspecified atom stereocenters. The van der Waals surface area contributed by atoms with E-state index in [1.807, 2.05) is 0 Å². The SMILES string of the molecule is O=C(O)C1(c2ccc(CC(F)F)cc2)CCCCC1. The fourth-order valence-electron chi connectivity index (χ4n) is 2.92.